The van der Waals surface area contributed by atoms with Crippen molar-refractivity contribution in [2.24, 2.45) is 0 Å². The zero-order valence-electron chi connectivity index (χ0n) is 12.1. The average molecular weight is 378 g/mol. The van der Waals surface area contributed by atoms with E-state index in [0.717, 1.165) is 12.1 Å². The molecule has 24 heavy (non-hydrogen) atoms. The number of aliphatic hydroxyl groups is 1. The molecule has 0 aliphatic rings. The van der Waals surface area contributed by atoms with Crippen LogP contribution in [0, 0.1) is 0 Å². The van der Waals surface area contributed by atoms with E-state index in [1.54, 1.807) is 0 Å². The molecule has 0 aliphatic heterocycles. The molecule has 1 atom stereocenters. The highest BCUT2D eigenvalue weighted by Gasteiger charge is 2.30. The second kappa shape index (κ2) is 7.42. The number of hydrogen-bond donors (Lipinski definition) is 2. The Balaban J connectivity index is 1.98. The first kappa shape index (κ1) is 18.6. The number of aliphatic hydroxyl groups excluding tert-OH is 1. The summed E-state index contributed by atoms with van der Waals surface area (Å²) in [7, 11) is 0. The second-order valence-corrected chi connectivity index (χ2v) is 5.79. The Morgan fingerprint density at radius 2 is 1.71 bits per heavy atom. The quantitative estimate of drug-likeness (QED) is 0.825. The number of nitrogens with one attached hydrogen (secondary N) is 1. The summed E-state index contributed by atoms with van der Waals surface area (Å²) in [5.74, 6) is -0.487. The molecule has 2 rings (SSSR count). The summed E-state index contributed by atoms with van der Waals surface area (Å²) >= 11 is 11.6. The van der Waals surface area contributed by atoms with Gasteiger partial charge >= 0.3 is 6.18 Å². The minimum Gasteiger partial charge on any atom is -0.387 e. The Morgan fingerprint density at radius 1 is 1.08 bits per heavy atom. The van der Waals surface area contributed by atoms with Crippen LogP contribution in [0.1, 0.15) is 27.6 Å². The zero-order valence-corrected chi connectivity index (χ0v) is 13.6. The standard InChI is InChI=1S/C16H12Cl2F3NO2/c17-12-6-3-10(7-13(12)18)15(24)22-8-14(23)9-1-4-11(5-2-9)16(19,20)21/h1-7,14,23H,8H2,(H,22,24)/t14-/m0/s1. The van der Waals surface area contributed by atoms with Crippen LogP contribution in [0.4, 0.5) is 13.2 Å². The third kappa shape index (κ3) is 4.63. The third-order valence-electron chi connectivity index (χ3n) is 3.26. The maximum Gasteiger partial charge on any atom is 0.416 e. The first-order valence-electron chi connectivity index (χ1n) is 6.77. The molecule has 0 heterocycles. The van der Waals surface area contributed by atoms with E-state index in [-0.39, 0.29) is 22.7 Å². The van der Waals surface area contributed by atoms with E-state index in [0.29, 0.717) is 5.02 Å². The molecule has 0 fully saturated rings. The lowest BCUT2D eigenvalue weighted by Gasteiger charge is -2.14. The Kier molecular flexibility index (Phi) is 5.74. The average Bonchev–Trinajstić information content (AvgIpc) is 2.54. The number of alkyl halides is 3. The van der Waals surface area contributed by atoms with E-state index >= 15 is 0 Å². The summed E-state index contributed by atoms with van der Waals surface area (Å²) in [5, 5.41) is 13.0. The fourth-order valence-electron chi connectivity index (χ4n) is 1.94. The molecule has 0 aliphatic carbocycles. The van der Waals surface area contributed by atoms with Gasteiger partial charge in [0, 0.05) is 12.1 Å². The van der Waals surface area contributed by atoms with Crippen molar-refractivity contribution in [2.75, 3.05) is 6.54 Å². The van der Waals surface area contributed by atoms with Crippen molar-refractivity contribution >= 4 is 29.1 Å². The minimum absolute atomic E-state index is 0.162. The summed E-state index contributed by atoms with van der Waals surface area (Å²) in [6.07, 6.45) is -5.58. The molecular formula is C16H12Cl2F3NO2. The molecular weight excluding hydrogens is 366 g/mol. The third-order valence-corrected chi connectivity index (χ3v) is 4.00. The molecule has 2 aromatic carbocycles. The molecule has 0 unspecified atom stereocenters. The van der Waals surface area contributed by atoms with Gasteiger partial charge in [-0.25, -0.2) is 0 Å². The van der Waals surface area contributed by atoms with Crippen molar-refractivity contribution in [3.05, 3.63) is 69.2 Å². The first-order chi connectivity index (χ1) is 11.2. The topological polar surface area (TPSA) is 49.3 Å². The van der Waals surface area contributed by atoms with Crippen molar-refractivity contribution in [1.29, 1.82) is 0 Å². The van der Waals surface area contributed by atoms with E-state index in [9.17, 15) is 23.1 Å². The Bertz CT molecular complexity index is 733. The summed E-state index contributed by atoms with van der Waals surface area (Å²) in [4.78, 5) is 12.0. The number of benzene rings is 2. The molecule has 0 bridgehead atoms. The van der Waals surface area contributed by atoms with Crippen LogP contribution in [0.2, 0.25) is 10.0 Å². The molecule has 0 saturated heterocycles. The molecule has 8 heteroatoms. The van der Waals surface area contributed by atoms with Crippen molar-refractivity contribution in [3.63, 3.8) is 0 Å². The number of halogens is 5. The van der Waals surface area contributed by atoms with Crippen LogP contribution in [0.3, 0.4) is 0 Å². The lowest BCUT2D eigenvalue weighted by atomic mass is 10.1. The second-order valence-electron chi connectivity index (χ2n) is 4.97. The Morgan fingerprint density at radius 3 is 2.25 bits per heavy atom. The summed E-state index contributed by atoms with van der Waals surface area (Å²) in [5.41, 5.74) is -0.292. The highest BCUT2D eigenvalue weighted by Crippen LogP contribution is 2.30. The zero-order chi connectivity index (χ0) is 17.9. The Labute approximate surface area is 146 Å². The lowest BCUT2D eigenvalue weighted by molar-refractivity contribution is -0.137. The van der Waals surface area contributed by atoms with Gasteiger partial charge in [-0.1, -0.05) is 35.3 Å². The van der Waals surface area contributed by atoms with Crippen LogP contribution in [-0.2, 0) is 6.18 Å². The molecule has 128 valence electrons. The van der Waals surface area contributed by atoms with Gasteiger partial charge in [0.15, 0.2) is 0 Å². The van der Waals surface area contributed by atoms with Gasteiger partial charge in [0.2, 0.25) is 0 Å². The van der Waals surface area contributed by atoms with E-state index in [1.807, 2.05) is 0 Å². The highest BCUT2D eigenvalue weighted by molar-refractivity contribution is 6.42. The molecule has 0 spiro atoms. The SMILES string of the molecule is O=C(NC[C@H](O)c1ccc(C(F)(F)F)cc1)c1ccc(Cl)c(Cl)c1. The van der Waals surface area contributed by atoms with Crippen molar-refractivity contribution < 1.29 is 23.1 Å². The normalized spacial score (nSPS) is 12.8. The molecule has 1 amide bonds. The Hall–Kier alpha value is -1.76. The van der Waals surface area contributed by atoms with Gasteiger partial charge in [0.05, 0.1) is 21.7 Å². The maximum atomic E-state index is 12.5. The van der Waals surface area contributed by atoms with Gasteiger partial charge in [-0.2, -0.15) is 13.2 Å². The molecule has 0 saturated carbocycles. The van der Waals surface area contributed by atoms with Gasteiger partial charge in [-0.05, 0) is 35.9 Å². The predicted molar refractivity (Wildman–Crippen MR) is 85.2 cm³/mol. The molecule has 2 aromatic rings. The number of carbonyl (C=O) groups is 1. The van der Waals surface area contributed by atoms with Crippen LogP contribution >= 0.6 is 23.2 Å². The van der Waals surface area contributed by atoms with E-state index in [1.165, 1.54) is 30.3 Å². The van der Waals surface area contributed by atoms with E-state index in [2.05, 4.69) is 5.32 Å². The number of amides is 1. The van der Waals surface area contributed by atoms with E-state index < -0.39 is 23.8 Å². The van der Waals surface area contributed by atoms with Crippen LogP contribution in [0.15, 0.2) is 42.5 Å². The number of rotatable bonds is 4. The first-order valence-corrected chi connectivity index (χ1v) is 7.52. The summed E-state index contributed by atoms with van der Waals surface area (Å²) in [6.45, 7) is -0.162. The molecule has 3 nitrogen and oxygen atoms in total. The van der Waals surface area contributed by atoms with Crippen molar-refractivity contribution in [2.45, 2.75) is 12.3 Å². The maximum absolute atomic E-state index is 12.5. The van der Waals surface area contributed by atoms with Gasteiger partial charge < -0.3 is 10.4 Å². The minimum atomic E-state index is -4.44. The van der Waals surface area contributed by atoms with Crippen LogP contribution in [-0.4, -0.2) is 17.6 Å². The number of hydrogen-bond acceptors (Lipinski definition) is 2. The van der Waals surface area contributed by atoms with Gasteiger partial charge in [-0.15, -0.1) is 0 Å². The summed E-state index contributed by atoms with van der Waals surface area (Å²) in [6, 6.07) is 8.39. The van der Waals surface area contributed by atoms with Crippen molar-refractivity contribution in [3.8, 4) is 0 Å². The van der Waals surface area contributed by atoms with Gasteiger partial charge in [0.25, 0.3) is 5.91 Å². The largest absolute Gasteiger partial charge is 0.416 e. The predicted octanol–water partition coefficient (Wildman–Crippen LogP) is 4.48. The fraction of sp³-hybridized carbons (Fsp3) is 0.188. The van der Waals surface area contributed by atoms with Crippen molar-refractivity contribution in [1.82, 2.24) is 5.32 Å². The van der Waals surface area contributed by atoms with Gasteiger partial charge in [0.1, 0.15) is 0 Å². The van der Waals surface area contributed by atoms with Crippen LogP contribution in [0.5, 0.6) is 0 Å². The smallest absolute Gasteiger partial charge is 0.387 e. The highest BCUT2D eigenvalue weighted by atomic mass is 35.5. The monoisotopic (exact) mass is 377 g/mol. The molecule has 0 radical (unpaired) electrons. The van der Waals surface area contributed by atoms with E-state index in [4.69, 9.17) is 23.2 Å². The number of carbonyl (C=O) groups excluding carboxylic acids is 1. The molecule has 0 aromatic heterocycles. The summed E-state index contributed by atoms with van der Waals surface area (Å²) < 4.78 is 37.5. The van der Waals surface area contributed by atoms with Crippen LogP contribution < -0.4 is 5.32 Å². The van der Waals surface area contributed by atoms with Crippen LogP contribution in [0.25, 0.3) is 0 Å². The molecule has 2 N–H and O–H groups in total. The fourth-order valence-corrected chi connectivity index (χ4v) is 2.24. The lowest BCUT2D eigenvalue weighted by Crippen LogP contribution is -2.28. The van der Waals surface area contributed by atoms with Gasteiger partial charge in [-0.3, -0.25) is 4.79 Å².